The second-order valence-corrected chi connectivity index (χ2v) is 18.8. The van der Waals surface area contributed by atoms with E-state index in [9.17, 15) is 27.4 Å². The normalized spacial score (nSPS) is 16.9. The molecule has 0 aromatic heterocycles. The van der Waals surface area contributed by atoms with E-state index in [-0.39, 0.29) is 28.3 Å². The predicted molar refractivity (Wildman–Crippen MR) is 250 cm³/mol. The molecule has 0 saturated heterocycles. The van der Waals surface area contributed by atoms with Crippen molar-refractivity contribution in [2.45, 2.75) is 97.0 Å². The van der Waals surface area contributed by atoms with Crippen LogP contribution in [0.1, 0.15) is 91.2 Å². The molecule has 4 aromatic carbocycles. The van der Waals surface area contributed by atoms with Crippen molar-refractivity contribution in [3.63, 3.8) is 0 Å². The summed E-state index contributed by atoms with van der Waals surface area (Å²) >= 11 is 0. The van der Waals surface area contributed by atoms with Gasteiger partial charge < -0.3 is 15.0 Å². The Morgan fingerprint density at radius 2 is 1.42 bits per heavy atom. The quantitative estimate of drug-likeness (QED) is 0.0313. The van der Waals surface area contributed by atoms with Gasteiger partial charge in [0.2, 0.25) is 5.69 Å². The molecule has 0 bridgehead atoms. The minimum Gasteiger partial charge on any atom is -0.453 e. The highest BCUT2D eigenvalue weighted by atomic mass is 32.2. The van der Waals surface area contributed by atoms with Crippen LogP contribution in [0.3, 0.4) is 0 Å². The number of hydrogen-bond donors (Lipinski definition) is 2. The van der Waals surface area contributed by atoms with Crippen LogP contribution in [0.2, 0.25) is 0 Å². The number of amides is 1. The van der Waals surface area contributed by atoms with Gasteiger partial charge in [0.15, 0.2) is 11.8 Å². The molecule has 2 N–H and O–H groups in total. The molecule has 62 heavy (non-hydrogen) atoms. The number of anilines is 1. The molecule has 0 radical (unpaired) electrons. The van der Waals surface area contributed by atoms with Crippen molar-refractivity contribution in [1.82, 2.24) is 5.32 Å². The molecule has 1 atom stereocenters. The number of Topliss-reactive ketones (excluding diaryl/α,β-unsaturated/α-hetero) is 1. The second-order valence-electron chi connectivity index (χ2n) is 17.3. The first-order chi connectivity index (χ1) is 29.5. The first-order valence-corrected chi connectivity index (χ1v) is 23.2. The van der Waals surface area contributed by atoms with Crippen molar-refractivity contribution in [1.29, 1.82) is 0 Å². The fourth-order valence-electron chi connectivity index (χ4n) is 9.10. The standard InChI is InChI=1S/C51H59N3O7S/c1-36(61-37(2)55)49(57)52-32-18-22-40(56)23-19-34-54-44-31-29-39-21-13-15-25-42(39)48(44)51(5,6)46(54)27-11-9-7-8-10-26-45-50(3,4)47-41-24-14-12-20-38(41)28-30-43(47)53(45)33-16-17-35-62(58,59)60/h7-15,20-21,24-31,36H,16-19,22-23,32-35H2,1-6H3,(H-,52,57,58,59,60)/p+1/t36-/m0/s1. The average Bonchev–Trinajstić information content (AvgIpc) is 3.58. The number of carbonyl (C=O) groups excluding carboxylic acids is 3. The number of benzene rings is 4. The van der Waals surface area contributed by atoms with Crippen molar-refractivity contribution in [3.8, 4) is 0 Å². The smallest absolute Gasteiger partial charge is 0.303 e. The Morgan fingerprint density at radius 3 is 2.11 bits per heavy atom. The number of nitrogens with zero attached hydrogens (tertiary/aromatic N) is 2. The van der Waals surface area contributed by atoms with Gasteiger partial charge in [-0.1, -0.05) is 98.8 Å². The van der Waals surface area contributed by atoms with Gasteiger partial charge in [-0.3, -0.25) is 18.9 Å². The summed E-state index contributed by atoms with van der Waals surface area (Å²) in [6, 6.07) is 25.5. The van der Waals surface area contributed by atoms with Crippen LogP contribution in [0.5, 0.6) is 0 Å². The Labute approximate surface area is 366 Å². The number of ether oxygens (including phenoxy) is 1. The van der Waals surface area contributed by atoms with Crippen LogP contribution in [-0.2, 0) is 40.1 Å². The molecule has 0 unspecified atom stereocenters. The summed E-state index contributed by atoms with van der Waals surface area (Å²) in [4.78, 5) is 38.5. The third-order valence-electron chi connectivity index (χ3n) is 12.0. The van der Waals surface area contributed by atoms with E-state index in [1.54, 1.807) is 0 Å². The van der Waals surface area contributed by atoms with E-state index < -0.39 is 22.2 Å². The van der Waals surface area contributed by atoms with Gasteiger partial charge in [-0.15, -0.1) is 0 Å². The minimum atomic E-state index is -4.02. The number of hydrogen-bond acceptors (Lipinski definition) is 7. The summed E-state index contributed by atoms with van der Waals surface area (Å²) in [5.74, 6) is -1.00. The molecular weight excluding hydrogens is 799 g/mol. The van der Waals surface area contributed by atoms with Gasteiger partial charge >= 0.3 is 5.97 Å². The number of allylic oxidation sites excluding steroid dienone is 8. The lowest BCUT2D eigenvalue weighted by Gasteiger charge is -2.27. The number of fused-ring (bicyclic) bond motifs is 6. The van der Waals surface area contributed by atoms with Crippen LogP contribution in [-0.4, -0.2) is 72.4 Å². The van der Waals surface area contributed by atoms with Gasteiger partial charge in [0.05, 0.1) is 11.2 Å². The summed E-state index contributed by atoms with van der Waals surface area (Å²) in [5.41, 5.74) is 6.44. The molecule has 2 heterocycles. The van der Waals surface area contributed by atoms with E-state index in [4.69, 9.17) is 4.74 Å². The molecule has 11 heteroatoms. The van der Waals surface area contributed by atoms with E-state index in [0.29, 0.717) is 58.2 Å². The number of carbonyl (C=O) groups is 3. The molecule has 10 nitrogen and oxygen atoms in total. The molecular formula is C51H60N3O7S+. The maximum atomic E-state index is 12.9. The summed E-state index contributed by atoms with van der Waals surface area (Å²) in [7, 11) is -4.02. The Bertz CT molecular complexity index is 2620. The largest absolute Gasteiger partial charge is 0.453 e. The van der Waals surface area contributed by atoms with Crippen LogP contribution in [0.4, 0.5) is 11.4 Å². The molecule has 6 rings (SSSR count). The summed E-state index contributed by atoms with van der Waals surface area (Å²) in [6.45, 7) is 13.4. The average molecular weight is 859 g/mol. The first-order valence-electron chi connectivity index (χ1n) is 21.6. The highest BCUT2D eigenvalue weighted by molar-refractivity contribution is 7.85. The fourth-order valence-corrected chi connectivity index (χ4v) is 9.66. The number of nitrogens with one attached hydrogen (secondary N) is 1. The van der Waals surface area contributed by atoms with Gasteiger partial charge in [0.1, 0.15) is 12.3 Å². The number of ketones is 1. The van der Waals surface area contributed by atoms with Crippen molar-refractivity contribution >= 4 is 66.4 Å². The molecule has 1 amide bonds. The SMILES string of the molecule is CC(=O)O[C@@H](C)C(=O)NCCCC(=O)CCC[N+]1=C(C=CC=CC=CC=C2N(CCCCS(=O)(=O)O)c3ccc4ccccc4c3C2(C)C)C(C)(C)c2c1ccc1ccccc21. The maximum Gasteiger partial charge on any atom is 0.303 e. The molecule has 0 spiro atoms. The second kappa shape index (κ2) is 19.6. The van der Waals surface area contributed by atoms with Crippen LogP contribution < -0.4 is 10.2 Å². The van der Waals surface area contributed by atoms with Gasteiger partial charge in [-0.2, -0.15) is 13.0 Å². The van der Waals surface area contributed by atoms with Crippen molar-refractivity contribution < 1.29 is 36.7 Å². The third-order valence-corrected chi connectivity index (χ3v) is 12.8. The number of rotatable bonds is 19. The van der Waals surface area contributed by atoms with E-state index in [1.165, 1.54) is 46.5 Å². The van der Waals surface area contributed by atoms with Gasteiger partial charge in [0.25, 0.3) is 16.0 Å². The maximum absolute atomic E-state index is 12.9. The number of esters is 1. The zero-order valence-corrected chi connectivity index (χ0v) is 37.6. The summed E-state index contributed by atoms with van der Waals surface area (Å²) < 4.78 is 39.5. The van der Waals surface area contributed by atoms with Crippen LogP contribution in [0, 0.1) is 0 Å². The van der Waals surface area contributed by atoms with Gasteiger partial charge in [-0.05, 0) is 85.4 Å². The predicted octanol–water partition coefficient (Wildman–Crippen LogP) is 9.58. The van der Waals surface area contributed by atoms with E-state index in [1.807, 2.05) is 24.3 Å². The Balaban J connectivity index is 1.17. The van der Waals surface area contributed by atoms with E-state index in [0.717, 1.165) is 22.8 Å². The summed E-state index contributed by atoms with van der Waals surface area (Å²) in [5, 5.41) is 7.51. The van der Waals surface area contributed by atoms with Crippen LogP contribution in [0.25, 0.3) is 21.5 Å². The zero-order chi connectivity index (χ0) is 44.7. The van der Waals surface area contributed by atoms with E-state index >= 15 is 0 Å². The van der Waals surface area contributed by atoms with Gasteiger partial charge in [0, 0.05) is 73.8 Å². The molecule has 0 fully saturated rings. The Hall–Kier alpha value is -5.65. The lowest BCUT2D eigenvalue weighted by atomic mass is 9.79. The summed E-state index contributed by atoms with van der Waals surface area (Å²) in [6.07, 6.45) is 16.6. The van der Waals surface area contributed by atoms with E-state index in [2.05, 4.69) is 134 Å². The molecule has 2 aliphatic rings. The van der Waals surface area contributed by atoms with Crippen LogP contribution >= 0.6 is 0 Å². The monoisotopic (exact) mass is 858 g/mol. The third kappa shape index (κ3) is 10.5. The minimum absolute atomic E-state index is 0.143. The van der Waals surface area contributed by atoms with Crippen LogP contribution in [0.15, 0.2) is 121 Å². The van der Waals surface area contributed by atoms with Crippen molar-refractivity contribution in [2.24, 2.45) is 0 Å². The fraction of sp³-hybridized carbons (Fsp3) is 0.373. The Kier molecular flexibility index (Phi) is 14.5. The lowest BCUT2D eigenvalue weighted by Crippen LogP contribution is -2.36. The highest BCUT2D eigenvalue weighted by Gasteiger charge is 2.45. The molecule has 0 aliphatic carbocycles. The molecule has 2 aliphatic heterocycles. The highest BCUT2D eigenvalue weighted by Crippen LogP contribution is 2.51. The van der Waals surface area contributed by atoms with Gasteiger partial charge in [-0.25, -0.2) is 0 Å². The van der Waals surface area contributed by atoms with Crippen molar-refractivity contribution in [3.05, 3.63) is 132 Å². The number of unbranched alkanes of at least 4 members (excludes halogenated alkanes) is 1. The molecule has 0 saturated carbocycles. The zero-order valence-electron chi connectivity index (χ0n) is 36.8. The molecule has 326 valence electrons. The van der Waals surface area contributed by atoms with Crippen molar-refractivity contribution in [2.75, 3.05) is 30.3 Å². The first kappa shape index (κ1) is 45.9. The topological polar surface area (TPSA) is 133 Å². The molecule has 4 aromatic rings. The lowest BCUT2D eigenvalue weighted by molar-refractivity contribution is -0.438. The Morgan fingerprint density at radius 1 is 0.790 bits per heavy atom.